The van der Waals surface area contributed by atoms with Gasteiger partial charge in [-0.15, -0.1) is 0 Å². The zero-order valence-corrected chi connectivity index (χ0v) is 13.0. The molecule has 3 nitrogen and oxygen atoms in total. The molecule has 1 aliphatic heterocycles. The lowest BCUT2D eigenvalue weighted by molar-refractivity contribution is 0.0220. The fourth-order valence-corrected chi connectivity index (χ4v) is 3.13. The number of benzene rings is 1. The quantitative estimate of drug-likeness (QED) is 0.915. The second kappa shape index (κ2) is 6.15. The fraction of sp³-hybridized carbons (Fsp3) is 0.647. The SMILES string of the molecule is CC(C)Oc1ccccc1C(O)C1C(C)OC(C)C1C. The average Bonchev–Trinajstić information content (AvgIpc) is 2.62. The Kier molecular flexibility index (Phi) is 4.71. The first kappa shape index (κ1) is 15.3. The number of hydrogen-bond donors (Lipinski definition) is 1. The first-order valence-electron chi connectivity index (χ1n) is 7.51. The van der Waals surface area contributed by atoms with E-state index in [-0.39, 0.29) is 24.2 Å². The Morgan fingerprint density at radius 2 is 1.75 bits per heavy atom. The van der Waals surface area contributed by atoms with Gasteiger partial charge in [0.2, 0.25) is 0 Å². The van der Waals surface area contributed by atoms with Crippen molar-refractivity contribution in [1.82, 2.24) is 0 Å². The number of ether oxygens (including phenoxy) is 2. The van der Waals surface area contributed by atoms with Gasteiger partial charge in [-0.25, -0.2) is 0 Å². The van der Waals surface area contributed by atoms with Crippen molar-refractivity contribution in [2.75, 3.05) is 0 Å². The predicted octanol–water partition coefficient (Wildman–Crippen LogP) is 3.57. The van der Waals surface area contributed by atoms with Gasteiger partial charge in [0.15, 0.2) is 0 Å². The molecule has 3 heteroatoms. The minimum absolute atomic E-state index is 0.0575. The highest BCUT2D eigenvalue weighted by Crippen LogP contribution is 2.42. The van der Waals surface area contributed by atoms with Crippen LogP contribution in [0.5, 0.6) is 5.75 Å². The summed E-state index contributed by atoms with van der Waals surface area (Å²) in [6.45, 7) is 10.3. The lowest BCUT2D eigenvalue weighted by atomic mass is 9.82. The van der Waals surface area contributed by atoms with E-state index in [1.54, 1.807) is 0 Å². The second-order valence-corrected chi connectivity index (χ2v) is 6.13. The van der Waals surface area contributed by atoms with Crippen LogP contribution in [0, 0.1) is 11.8 Å². The van der Waals surface area contributed by atoms with Gasteiger partial charge >= 0.3 is 0 Å². The van der Waals surface area contributed by atoms with E-state index in [1.807, 2.05) is 45.0 Å². The van der Waals surface area contributed by atoms with E-state index in [0.29, 0.717) is 5.92 Å². The van der Waals surface area contributed by atoms with Crippen molar-refractivity contribution in [2.45, 2.75) is 59.0 Å². The van der Waals surface area contributed by atoms with Crippen LogP contribution in [0.1, 0.15) is 46.3 Å². The molecule has 1 aromatic carbocycles. The molecule has 0 bridgehead atoms. The van der Waals surface area contributed by atoms with Crippen LogP contribution in [-0.2, 0) is 4.74 Å². The van der Waals surface area contributed by atoms with Gasteiger partial charge in [-0.3, -0.25) is 0 Å². The van der Waals surface area contributed by atoms with Gasteiger partial charge in [0.05, 0.1) is 24.4 Å². The van der Waals surface area contributed by atoms with E-state index >= 15 is 0 Å². The van der Waals surface area contributed by atoms with Crippen molar-refractivity contribution >= 4 is 0 Å². The van der Waals surface area contributed by atoms with Crippen molar-refractivity contribution < 1.29 is 14.6 Å². The topological polar surface area (TPSA) is 38.7 Å². The number of aliphatic hydroxyl groups excluding tert-OH is 1. The second-order valence-electron chi connectivity index (χ2n) is 6.13. The number of aliphatic hydroxyl groups is 1. The Balaban J connectivity index is 2.27. The van der Waals surface area contributed by atoms with Crippen LogP contribution >= 0.6 is 0 Å². The summed E-state index contributed by atoms with van der Waals surface area (Å²) in [5.41, 5.74) is 0.864. The van der Waals surface area contributed by atoms with Crippen molar-refractivity contribution in [3.63, 3.8) is 0 Å². The summed E-state index contributed by atoms with van der Waals surface area (Å²) in [6.07, 6.45) is -0.221. The van der Waals surface area contributed by atoms with Crippen LogP contribution in [0.2, 0.25) is 0 Å². The average molecular weight is 278 g/mol. The monoisotopic (exact) mass is 278 g/mol. The zero-order chi connectivity index (χ0) is 14.9. The highest BCUT2D eigenvalue weighted by molar-refractivity contribution is 5.36. The summed E-state index contributed by atoms with van der Waals surface area (Å²) in [4.78, 5) is 0. The number of hydrogen-bond acceptors (Lipinski definition) is 3. The summed E-state index contributed by atoms with van der Waals surface area (Å²) in [7, 11) is 0. The van der Waals surface area contributed by atoms with E-state index in [2.05, 4.69) is 13.8 Å². The van der Waals surface area contributed by atoms with Crippen LogP contribution in [0.3, 0.4) is 0 Å². The molecule has 1 saturated heterocycles. The molecule has 1 N–H and O–H groups in total. The van der Waals surface area contributed by atoms with Crippen LogP contribution in [0.25, 0.3) is 0 Å². The molecule has 0 radical (unpaired) electrons. The molecule has 5 unspecified atom stereocenters. The lowest BCUT2D eigenvalue weighted by Crippen LogP contribution is -2.25. The minimum atomic E-state index is -0.556. The molecule has 0 saturated carbocycles. The molecule has 1 heterocycles. The van der Waals surface area contributed by atoms with Crippen molar-refractivity contribution in [1.29, 1.82) is 0 Å². The lowest BCUT2D eigenvalue weighted by Gasteiger charge is -2.27. The molecule has 0 amide bonds. The highest BCUT2D eigenvalue weighted by atomic mass is 16.5. The zero-order valence-electron chi connectivity index (χ0n) is 13.0. The smallest absolute Gasteiger partial charge is 0.125 e. The molecular formula is C17H26O3. The van der Waals surface area contributed by atoms with Crippen LogP contribution in [-0.4, -0.2) is 23.4 Å². The van der Waals surface area contributed by atoms with Crippen molar-refractivity contribution in [3.8, 4) is 5.75 Å². The van der Waals surface area contributed by atoms with Crippen LogP contribution in [0.15, 0.2) is 24.3 Å². The van der Waals surface area contributed by atoms with Crippen molar-refractivity contribution in [2.24, 2.45) is 11.8 Å². The maximum absolute atomic E-state index is 10.8. The fourth-order valence-electron chi connectivity index (χ4n) is 3.13. The summed E-state index contributed by atoms with van der Waals surface area (Å²) in [5, 5.41) is 10.8. The molecule has 0 aromatic heterocycles. The molecule has 1 aromatic rings. The maximum Gasteiger partial charge on any atom is 0.125 e. The third-order valence-corrected chi connectivity index (χ3v) is 4.28. The van der Waals surface area contributed by atoms with Gasteiger partial charge in [-0.2, -0.15) is 0 Å². The van der Waals surface area contributed by atoms with E-state index in [0.717, 1.165) is 11.3 Å². The minimum Gasteiger partial charge on any atom is -0.491 e. The van der Waals surface area contributed by atoms with E-state index in [9.17, 15) is 5.11 Å². The first-order valence-corrected chi connectivity index (χ1v) is 7.51. The Hall–Kier alpha value is -1.06. The summed E-state index contributed by atoms with van der Waals surface area (Å²) in [6, 6.07) is 7.76. The first-order chi connectivity index (χ1) is 9.41. The Labute approximate surface area is 121 Å². The van der Waals surface area contributed by atoms with E-state index < -0.39 is 6.10 Å². The molecule has 0 spiro atoms. The third-order valence-electron chi connectivity index (χ3n) is 4.28. The molecule has 0 aliphatic carbocycles. The van der Waals surface area contributed by atoms with E-state index in [4.69, 9.17) is 9.47 Å². The Morgan fingerprint density at radius 3 is 2.30 bits per heavy atom. The maximum atomic E-state index is 10.8. The predicted molar refractivity (Wildman–Crippen MR) is 79.8 cm³/mol. The molecule has 112 valence electrons. The standard InChI is InChI=1S/C17H26O3/c1-10(2)19-15-9-7-6-8-14(15)17(18)16-11(3)12(4)20-13(16)5/h6-13,16-18H,1-5H3. The largest absolute Gasteiger partial charge is 0.491 e. The van der Waals surface area contributed by atoms with Gasteiger partial charge in [0.1, 0.15) is 5.75 Å². The normalized spacial score (nSPS) is 31.6. The Morgan fingerprint density at radius 1 is 1.10 bits per heavy atom. The number of para-hydroxylation sites is 1. The molecule has 1 fully saturated rings. The van der Waals surface area contributed by atoms with Crippen LogP contribution < -0.4 is 4.74 Å². The van der Waals surface area contributed by atoms with Crippen molar-refractivity contribution in [3.05, 3.63) is 29.8 Å². The van der Waals surface area contributed by atoms with Gasteiger partial charge in [0, 0.05) is 11.5 Å². The third kappa shape index (κ3) is 2.99. The molecule has 1 aliphatic rings. The molecule has 5 atom stereocenters. The molecular weight excluding hydrogens is 252 g/mol. The van der Waals surface area contributed by atoms with Gasteiger partial charge in [-0.05, 0) is 39.7 Å². The summed E-state index contributed by atoms with van der Waals surface area (Å²) < 4.78 is 11.7. The van der Waals surface area contributed by atoms with Gasteiger partial charge in [-0.1, -0.05) is 25.1 Å². The highest BCUT2D eigenvalue weighted by Gasteiger charge is 2.42. The summed E-state index contributed by atoms with van der Waals surface area (Å²) >= 11 is 0. The van der Waals surface area contributed by atoms with Gasteiger partial charge in [0.25, 0.3) is 0 Å². The molecule has 2 rings (SSSR count). The van der Waals surface area contributed by atoms with Gasteiger partial charge < -0.3 is 14.6 Å². The van der Waals surface area contributed by atoms with Crippen LogP contribution in [0.4, 0.5) is 0 Å². The molecule has 20 heavy (non-hydrogen) atoms. The summed E-state index contributed by atoms with van der Waals surface area (Å²) in [5.74, 6) is 1.20. The Bertz CT molecular complexity index is 444. The van der Waals surface area contributed by atoms with E-state index in [1.165, 1.54) is 0 Å². The number of rotatable bonds is 4.